The highest BCUT2D eigenvalue weighted by Crippen LogP contribution is 2.22. The zero-order valence-corrected chi connectivity index (χ0v) is 8.90. The molecule has 1 amide bonds. The summed E-state index contributed by atoms with van der Waals surface area (Å²) in [6.45, 7) is -0.0480. The van der Waals surface area contributed by atoms with Crippen molar-refractivity contribution < 1.29 is 23.5 Å². The van der Waals surface area contributed by atoms with E-state index in [1.54, 1.807) is 0 Å². The van der Waals surface area contributed by atoms with E-state index < -0.39 is 23.3 Å². The van der Waals surface area contributed by atoms with Crippen molar-refractivity contribution in [3.05, 3.63) is 29.8 Å². The highest BCUT2D eigenvalue weighted by molar-refractivity contribution is 5.75. The maximum atomic E-state index is 13.3. The standard InChI is InChI=1S/C11H11F2NO3/c12-8-3-1-4-9(13)11(8)14(7-15)6-2-5-10(16)17/h1,3-4,7H,2,5-6H2,(H,16,17). The van der Waals surface area contributed by atoms with Gasteiger partial charge in [0, 0.05) is 13.0 Å². The fraction of sp³-hybridized carbons (Fsp3) is 0.273. The van der Waals surface area contributed by atoms with Crippen molar-refractivity contribution in [2.24, 2.45) is 0 Å². The van der Waals surface area contributed by atoms with E-state index in [1.807, 2.05) is 0 Å². The largest absolute Gasteiger partial charge is 0.481 e. The summed E-state index contributed by atoms with van der Waals surface area (Å²) in [7, 11) is 0. The summed E-state index contributed by atoms with van der Waals surface area (Å²) in [5.74, 6) is -2.73. The molecule has 1 aromatic rings. The molecule has 0 bridgehead atoms. The first-order valence-corrected chi connectivity index (χ1v) is 4.94. The van der Waals surface area contributed by atoms with Gasteiger partial charge in [-0.1, -0.05) is 6.07 Å². The number of carboxylic acids is 1. The number of carbonyl (C=O) groups excluding carboxylic acids is 1. The summed E-state index contributed by atoms with van der Waals surface area (Å²) in [6, 6.07) is 3.26. The lowest BCUT2D eigenvalue weighted by atomic mass is 10.2. The minimum Gasteiger partial charge on any atom is -0.481 e. The second-order valence-electron chi connectivity index (χ2n) is 3.37. The Bertz CT molecular complexity index is 403. The van der Waals surface area contributed by atoms with Gasteiger partial charge in [0.1, 0.15) is 17.3 Å². The molecular weight excluding hydrogens is 232 g/mol. The van der Waals surface area contributed by atoms with Crippen LogP contribution in [0.1, 0.15) is 12.8 Å². The Morgan fingerprint density at radius 3 is 2.41 bits per heavy atom. The van der Waals surface area contributed by atoms with Crippen molar-refractivity contribution in [2.75, 3.05) is 11.4 Å². The van der Waals surface area contributed by atoms with Crippen molar-refractivity contribution in [3.63, 3.8) is 0 Å². The number of carbonyl (C=O) groups is 2. The third kappa shape index (κ3) is 3.51. The number of para-hydroxylation sites is 1. The van der Waals surface area contributed by atoms with Crippen LogP contribution in [-0.2, 0) is 9.59 Å². The number of nitrogens with zero attached hydrogens (tertiary/aromatic N) is 1. The van der Waals surface area contributed by atoms with Gasteiger partial charge in [-0.2, -0.15) is 0 Å². The van der Waals surface area contributed by atoms with E-state index in [-0.39, 0.29) is 25.8 Å². The summed E-state index contributed by atoms with van der Waals surface area (Å²) < 4.78 is 26.6. The third-order valence-corrected chi connectivity index (χ3v) is 2.14. The molecule has 0 aromatic heterocycles. The number of aliphatic carboxylic acids is 1. The van der Waals surface area contributed by atoms with Gasteiger partial charge in [0.05, 0.1) is 0 Å². The number of halogens is 2. The van der Waals surface area contributed by atoms with Gasteiger partial charge in [0.2, 0.25) is 6.41 Å². The molecule has 0 saturated carbocycles. The Labute approximate surface area is 96.5 Å². The topological polar surface area (TPSA) is 57.6 Å². The number of amides is 1. The molecular formula is C11H11F2NO3. The monoisotopic (exact) mass is 243 g/mol. The summed E-state index contributed by atoms with van der Waals surface area (Å²) >= 11 is 0. The molecule has 1 N–H and O–H groups in total. The minimum atomic E-state index is -1.02. The van der Waals surface area contributed by atoms with Crippen LogP contribution in [-0.4, -0.2) is 24.0 Å². The Kier molecular flexibility index (Phi) is 4.56. The van der Waals surface area contributed by atoms with E-state index in [0.29, 0.717) is 0 Å². The average Bonchev–Trinajstić information content (AvgIpc) is 2.26. The van der Waals surface area contributed by atoms with Crippen LogP contribution in [0, 0.1) is 11.6 Å². The molecule has 6 heteroatoms. The normalized spacial score (nSPS) is 10.0. The number of carboxylic acid groups (broad SMARTS) is 1. The lowest BCUT2D eigenvalue weighted by molar-refractivity contribution is -0.137. The number of hydrogen-bond donors (Lipinski definition) is 1. The summed E-state index contributed by atoms with van der Waals surface area (Å²) in [4.78, 5) is 21.8. The molecule has 0 radical (unpaired) electrons. The molecule has 1 aromatic carbocycles. The molecule has 17 heavy (non-hydrogen) atoms. The molecule has 0 aliphatic rings. The quantitative estimate of drug-likeness (QED) is 0.775. The van der Waals surface area contributed by atoms with E-state index in [4.69, 9.17) is 5.11 Å². The molecule has 0 fully saturated rings. The van der Waals surface area contributed by atoms with Gasteiger partial charge in [-0.25, -0.2) is 8.78 Å². The lowest BCUT2D eigenvalue weighted by Gasteiger charge is -2.18. The van der Waals surface area contributed by atoms with E-state index in [0.717, 1.165) is 17.0 Å². The second-order valence-corrected chi connectivity index (χ2v) is 3.37. The van der Waals surface area contributed by atoms with Crippen LogP contribution >= 0.6 is 0 Å². The number of hydrogen-bond acceptors (Lipinski definition) is 2. The minimum absolute atomic E-state index is 0.0480. The fourth-order valence-electron chi connectivity index (χ4n) is 1.38. The Hall–Kier alpha value is -1.98. The highest BCUT2D eigenvalue weighted by Gasteiger charge is 2.15. The SMILES string of the molecule is O=CN(CCCC(=O)O)c1c(F)cccc1F. The smallest absolute Gasteiger partial charge is 0.303 e. The van der Waals surface area contributed by atoms with E-state index in [9.17, 15) is 18.4 Å². The van der Waals surface area contributed by atoms with E-state index in [1.165, 1.54) is 6.07 Å². The van der Waals surface area contributed by atoms with Crippen LogP contribution in [0.3, 0.4) is 0 Å². The Morgan fingerprint density at radius 1 is 1.35 bits per heavy atom. The maximum Gasteiger partial charge on any atom is 0.303 e. The maximum absolute atomic E-state index is 13.3. The van der Waals surface area contributed by atoms with Crippen LogP contribution in [0.4, 0.5) is 14.5 Å². The van der Waals surface area contributed by atoms with Gasteiger partial charge in [0.15, 0.2) is 0 Å². The van der Waals surface area contributed by atoms with Crippen LogP contribution in [0.15, 0.2) is 18.2 Å². The summed E-state index contributed by atoms with van der Waals surface area (Å²) in [5, 5.41) is 8.42. The van der Waals surface area contributed by atoms with Crippen molar-refractivity contribution in [3.8, 4) is 0 Å². The van der Waals surface area contributed by atoms with Gasteiger partial charge in [-0.05, 0) is 18.6 Å². The molecule has 0 atom stereocenters. The molecule has 4 nitrogen and oxygen atoms in total. The van der Waals surface area contributed by atoms with Gasteiger partial charge in [-0.15, -0.1) is 0 Å². The zero-order valence-electron chi connectivity index (χ0n) is 8.90. The predicted molar refractivity (Wildman–Crippen MR) is 56.6 cm³/mol. The molecule has 0 heterocycles. The molecule has 0 unspecified atom stereocenters. The van der Waals surface area contributed by atoms with Crippen LogP contribution in [0.5, 0.6) is 0 Å². The first kappa shape index (κ1) is 13.1. The molecule has 0 spiro atoms. The zero-order chi connectivity index (χ0) is 12.8. The molecule has 1 rings (SSSR count). The van der Waals surface area contributed by atoms with Gasteiger partial charge in [0.25, 0.3) is 0 Å². The molecule has 0 aliphatic carbocycles. The average molecular weight is 243 g/mol. The number of anilines is 1. The van der Waals surface area contributed by atoms with Crippen molar-refractivity contribution in [1.82, 2.24) is 0 Å². The Morgan fingerprint density at radius 2 is 1.94 bits per heavy atom. The van der Waals surface area contributed by atoms with Crippen molar-refractivity contribution in [1.29, 1.82) is 0 Å². The summed E-state index contributed by atoms with van der Waals surface area (Å²) in [6.07, 6.45) is 0.242. The van der Waals surface area contributed by atoms with Gasteiger partial charge < -0.3 is 10.0 Å². The highest BCUT2D eigenvalue weighted by atomic mass is 19.1. The Balaban J connectivity index is 2.79. The van der Waals surface area contributed by atoms with Crippen LogP contribution in [0.25, 0.3) is 0 Å². The molecule has 92 valence electrons. The second kappa shape index (κ2) is 5.93. The predicted octanol–water partition coefficient (Wildman–Crippen LogP) is 1.79. The van der Waals surface area contributed by atoms with Crippen molar-refractivity contribution >= 4 is 18.1 Å². The first-order valence-electron chi connectivity index (χ1n) is 4.94. The lowest BCUT2D eigenvalue weighted by Crippen LogP contribution is -2.25. The molecule has 0 aliphatic heterocycles. The van der Waals surface area contributed by atoms with Crippen molar-refractivity contribution in [2.45, 2.75) is 12.8 Å². The van der Waals surface area contributed by atoms with Crippen LogP contribution in [0.2, 0.25) is 0 Å². The van der Waals surface area contributed by atoms with E-state index >= 15 is 0 Å². The van der Waals surface area contributed by atoms with Crippen LogP contribution < -0.4 is 4.90 Å². The fourth-order valence-corrected chi connectivity index (χ4v) is 1.38. The molecule has 0 saturated heterocycles. The van der Waals surface area contributed by atoms with Gasteiger partial charge in [-0.3, -0.25) is 9.59 Å². The summed E-state index contributed by atoms with van der Waals surface area (Å²) in [5.41, 5.74) is -0.451. The van der Waals surface area contributed by atoms with Gasteiger partial charge >= 0.3 is 5.97 Å². The van der Waals surface area contributed by atoms with E-state index in [2.05, 4.69) is 0 Å². The number of benzene rings is 1. The number of rotatable bonds is 6. The first-order chi connectivity index (χ1) is 8.06. The third-order valence-electron chi connectivity index (χ3n) is 2.14.